The van der Waals surface area contributed by atoms with Crippen molar-refractivity contribution in [1.29, 1.82) is 0 Å². The third kappa shape index (κ3) is 3.26. The number of anilines is 1. The van der Waals surface area contributed by atoms with E-state index in [-0.39, 0.29) is 11.0 Å². The monoisotopic (exact) mass is 346 g/mol. The molecule has 0 aliphatic heterocycles. The summed E-state index contributed by atoms with van der Waals surface area (Å²) in [6.45, 7) is 1.71. The molecule has 0 spiro atoms. The summed E-state index contributed by atoms with van der Waals surface area (Å²) in [5.74, 6) is -5.90. The third-order valence-corrected chi connectivity index (χ3v) is 4.28. The molecule has 2 aromatic carbocycles. The van der Waals surface area contributed by atoms with Gasteiger partial charge in [0.1, 0.15) is 5.69 Å². The fourth-order valence-corrected chi connectivity index (χ4v) is 2.82. The van der Waals surface area contributed by atoms with Gasteiger partial charge in [0.15, 0.2) is 5.82 Å². The van der Waals surface area contributed by atoms with E-state index in [1.807, 2.05) is 0 Å². The van der Waals surface area contributed by atoms with Crippen LogP contribution in [0.25, 0.3) is 0 Å². The maximum Gasteiger partial charge on any atom is 0.331 e. The Labute approximate surface area is 128 Å². The van der Waals surface area contributed by atoms with Crippen LogP contribution >= 0.6 is 0 Å². The molecule has 10 heteroatoms. The standard InChI is InChI=1S/C13H9F3N2O4S/c1-7-2-4-8(5-3-7)23(21,22)17-10-6-9(14)11(15)12(16)13(10)18(19)20/h2-6,17H,1H3. The molecular weight excluding hydrogens is 337 g/mol. The zero-order valence-corrected chi connectivity index (χ0v) is 12.3. The molecule has 0 saturated heterocycles. The number of benzene rings is 2. The van der Waals surface area contributed by atoms with Gasteiger partial charge in [-0.15, -0.1) is 0 Å². The lowest BCUT2D eigenvalue weighted by Gasteiger charge is -2.10. The zero-order chi connectivity index (χ0) is 17.4. The van der Waals surface area contributed by atoms with Crippen molar-refractivity contribution in [3.05, 3.63) is 63.5 Å². The number of nitro groups is 1. The van der Waals surface area contributed by atoms with Crippen LogP contribution in [0.3, 0.4) is 0 Å². The van der Waals surface area contributed by atoms with Gasteiger partial charge in [-0.25, -0.2) is 17.2 Å². The Morgan fingerprint density at radius 3 is 2.17 bits per heavy atom. The van der Waals surface area contributed by atoms with Crippen molar-refractivity contribution < 1.29 is 26.5 Å². The Morgan fingerprint density at radius 2 is 1.65 bits per heavy atom. The quantitative estimate of drug-likeness (QED) is 0.523. The second kappa shape index (κ2) is 5.88. The van der Waals surface area contributed by atoms with Gasteiger partial charge in [-0.05, 0) is 19.1 Å². The number of halogens is 3. The van der Waals surface area contributed by atoms with Crippen LogP contribution in [-0.2, 0) is 10.0 Å². The minimum Gasteiger partial charge on any atom is -0.273 e. The van der Waals surface area contributed by atoms with Crippen LogP contribution in [0, 0.1) is 34.5 Å². The van der Waals surface area contributed by atoms with Crippen LogP contribution in [0.2, 0.25) is 0 Å². The highest BCUT2D eigenvalue weighted by Gasteiger charge is 2.30. The van der Waals surface area contributed by atoms with E-state index in [0.29, 0.717) is 0 Å². The van der Waals surface area contributed by atoms with Gasteiger partial charge in [0.2, 0.25) is 11.6 Å². The molecular formula is C13H9F3N2O4S. The summed E-state index contributed by atoms with van der Waals surface area (Å²) < 4.78 is 65.8. The number of rotatable bonds is 4. The number of nitrogens with zero attached hydrogens (tertiary/aromatic N) is 1. The van der Waals surface area contributed by atoms with E-state index in [1.54, 1.807) is 11.6 Å². The SMILES string of the molecule is Cc1ccc(S(=O)(=O)Nc2cc(F)c(F)c(F)c2[N+](=O)[O-])cc1. The highest BCUT2D eigenvalue weighted by molar-refractivity contribution is 7.92. The van der Waals surface area contributed by atoms with E-state index in [0.717, 1.165) is 5.56 Å². The molecule has 2 aromatic rings. The van der Waals surface area contributed by atoms with Crippen LogP contribution in [0.5, 0.6) is 0 Å². The van der Waals surface area contributed by atoms with Crippen molar-refractivity contribution in [3.63, 3.8) is 0 Å². The molecule has 23 heavy (non-hydrogen) atoms. The summed E-state index contributed by atoms with van der Waals surface area (Å²) in [5, 5.41) is 10.8. The average molecular weight is 346 g/mol. The number of nitro benzene ring substituents is 1. The van der Waals surface area contributed by atoms with Crippen LogP contribution in [0.4, 0.5) is 24.5 Å². The minimum atomic E-state index is -4.34. The van der Waals surface area contributed by atoms with E-state index in [4.69, 9.17) is 0 Å². The predicted octanol–water partition coefficient (Wildman–Crippen LogP) is 3.12. The van der Waals surface area contributed by atoms with E-state index in [2.05, 4.69) is 0 Å². The largest absolute Gasteiger partial charge is 0.331 e. The smallest absolute Gasteiger partial charge is 0.273 e. The molecule has 0 radical (unpaired) electrons. The Balaban J connectivity index is 2.55. The Bertz CT molecular complexity index is 883. The van der Waals surface area contributed by atoms with Gasteiger partial charge in [0, 0.05) is 6.07 Å². The Kier molecular flexibility index (Phi) is 4.28. The molecule has 122 valence electrons. The maximum atomic E-state index is 13.5. The van der Waals surface area contributed by atoms with E-state index >= 15 is 0 Å². The molecule has 0 unspecified atom stereocenters. The van der Waals surface area contributed by atoms with Crippen LogP contribution in [-0.4, -0.2) is 13.3 Å². The van der Waals surface area contributed by atoms with Gasteiger partial charge in [0.05, 0.1) is 9.82 Å². The van der Waals surface area contributed by atoms with Gasteiger partial charge < -0.3 is 0 Å². The van der Waals surface area contributed by atoms with E-state index < -0.39 is 43.8 Å². The summed E-state index contributed by atoms with van der Waals surface area (Å²) in [6, 6.07) is 5.56. The average Bonchev–Trinajstić information content (AvgIpc) is 2.44. The normalized spacial score (nSPS) is 11.3. The van der Waals surface area contributed by atoms with Crippen molar-refractivity contribution in [2.24, 2.45) is 0 Å². The van der Waals surface area contributed by atoms with E-state index in [1.165, 1.54) is 24.3 Å². The van der Waals surface area contributed by atoms with Crippen molar-refractivity contribution in [2.45, 2.75) is 11.8 Å². The lowest BCUT2D eigenvalue weighted by atomic mass is 10.2. The second-order valence-corrected chi connectivity index (χ2v) is 6.24. The highest BCUT2D eigenvalue weighted by Crippen LogP contribution is 2.32. The van der Waals surface area contributed by atoms with Crippen LogP contribution in [0.1, 0.15) is 5.56 Å². The van der Waals surface area contributed by atoms with Crippen LogP contribution < -0.4 is 4.72 Å². The molecule has 0 bridgehead atoms. The summed E-state index contributed by atoms with van der Waals surface area (Å²) in [6.07, 6.45) is 0. The molecule has 2 rings (SSSR count). The van der Waals surface area contributed by atoms with Gasteiger partial charge in [-0.1, -0.05) is 17.7 Å². The minimum absolute atomic E-state index is 0.211. The van der Waals surface area contributed by atoms with Crippen molar-refractivity contribution in [3.8, 4) is 0 Å². The third-order valence-electron chi connectivity index (χ3n) is 2.89. The molecule has 0 aliphatic rings. The maximum absolute atomic E-state index is 13.5. The Morgan fingerprint density at radius 1 is 1.09 bits per heavy atom. The van der Waals surface area contributed by atoms with Gasteiger partial charge in [0.25, 0.3) is 10.0 Å². The molecule has 0 amide bonds. The van der Waals surface area contributed by atoms with Crippen molar-refractivity contribution in [2.75, 3.05) is 4.72 Å². The first-order chi connectivity index (χ1) is 10.6. The summed E-state index contributed by atoms with van der Waals surface area (Å²) in [7, 11) is -4.34. The summed E-state index contributed by atoms with van der Waals surface area (Å²) in [4.78, 5) is 9.20. The first-order valence-corrected chi connectivity index (χ1v) is 7.53. The number of aryl methyl sites for hydroxylation is 1. The number of hydrogen-bond acceptors (Lipinski definition) is 4. The van der Waals surface area contributed by atoms with Crippen molar-refractivity contribution in [1.82, 2.24) is 0 Å². The summed E-state index contributed by atoms with van der Waals surface area (Å²) >= 11 is 0. The number of hydrogen-bond donors (Lipinski definition) is 1. The summed E-state index contributed by atoms with van der Waals surface area (Å²) in [5.41, 5.74) is -1.75. The second-order valence-electron chi connectivity index (χ2n) is 4.56. The molecule has 0 atom stereocenters. The van der Waals surface area contributed by atoms with Crippen molar-refractivity contribution >= 4 is 21.4 Å². The zero-order valence-electron chi connectivity index (χ0n) is 11.5. The van der Waals surface area contributed by atoms with Gasteiger partial charge in [-0.3, -0.25) is 14.8 Å². The van der Waals surface area contributed by atoms with Gasteiger partial charge >= 0.3 is 5.69 Å². The van der Waals surface area contributed by atoms with Crippen LogP contribution in [0.15, 0.2) is 35.2 Å². The predicted molar refractivity (Wildman–Crippen MR) is 75.0 cm³/mol. The topological polar surface area (TPSA) is 89.3 Å². The fraction of sp³-hybridized carbons (Fsp3) is 0.0769. The first kappa shape index (κ1) is 16.7. The number of nitrogens with one attached hydrogen (secondary N) is 1. The number of sulfonamides is 1. The molecule has 0 fully saturated rings. The first-order valence-electron chi connectivity index (χ1n) is 6.05. The van der Waals surface area contributed by atoms with E-state index in [9.17, 15) is 31.7 Å². The molecule has 1 N–H and O–H groups in total. The lowest BCUT2D eigenvalue weighted by molar-refractivity contribution is -0.386. The molecule has 0 aliphatic carbocycles. The molecule has 6 nitrogen and oxygen atoms in total. The lowest BCUT2D eigenvalue weighted by Crippen LogP contribution is -2.15. The Hall–Kier alpha value is -2.62. The molecule has 0 heterocycles. The molecule has 0 aromatic heterocycles. The fourth-order valence-electron chi connectivity index (χ4n) is 1.76. The van der Waals surface area contributed by atoms with Gasteiger partial charge in [-0.2, -0.15) is 4.39 Å². The molecule has 0 saturated carbocycles. The highest BCUT2D eigenvalue weighted by atomic mass is 32.2.